The summed E-state index contributed by atoms with van der Waals surface area (Å²) in [5.41, 5.74) is 1.71. The van der Waals surface area contributed by atoms with Gasteiger partial charge in [-0.05, 0) is 43.7 Å². The Morgan fingerprint density at radius 3 is 3.04 bits per heavy atom. The zero-order valence-corrected chi connectivity index (χ0v) is 16.0. The summed E-state index contributed by atoms with van der Waals surface area (Å²) in [6, 6.07) is 8.24. The van der Waals surface area contributed by atoms with Gasteiger partial charge in [-0.15, -0.1) is 0 Å². The Labute approximate surface area is 164 Å². The van der Waals surface area contributed by atoms with E-state index in [2.05, 4.69) is 25.7 Å². The van der Waals surface area contributed by atoms with Crippen LogP contribution in [-0.4, -0.2) is 58.6 Å². The molecule has 5 rings (SSSR count). The van der Waals surface area contributed by atoms with E-state index in [0.29, 0.717) is 30.8 Å². The number of carbonyl (C=O) groups excluding carboxylic acids is 2. The molecule has 148 valence electrons. The van der Waals surface area contributed by atoms with E-state index in [1.54, 1.807) is 0 Å². The lowest BCUT2D eigenvalue weighted by Gasteiger charge is -2.54. The Bertz CT molecular complexity index is 894. The van der Waals surface area contributed by atoms with Crippen molar-refractivity contribution in [3.8, 4) is 0 Å². The molecule has 0 unspecified atom stereocenters. The summed E-state index contributed by atoms with van der Waals surface area (Å²) >= 11 is 0. The molecule has 4 atom stereocenters. The van der Waals surface area contributed by atoms with E-state index in [1.165, 1.54) is 0 Å². The van der Waals surface area contributed by atoms with Crippen LogP contribution in [0.3, 0.4) is 0 Å². The van der Waals surface area contributed by atoms with E-state index < -0.39 is 0 Å². The van der Waals surface area contributed by atoms with Crippen LogP contribution in [0.1, 0.15) is 31.4 Å². The van der Waals surface area contributed by atoms with Crippen LogP contribution in [0.25, 0.3) is 10.9 Å². The van der Waals surface area contributed by atoms with Gasteiger partial charge in [0, 0.05) is 30.9 Å². The van der Waals surface area contributed by atoms with E-state index in [1.807, 2.05) is 24.3 Å². The van der Waals surface area contributed by atoms with Crippen molar-refractivity contribution >= 4 is 22.7 Å². The third-order valence-electron chi connectivity index (χ3n) is 6.79. The second kappa shape index (κ2) is 7.20. The Morgan fingerprint density at radius 2 is 2.11 bits per heavy atom. The van der Waals surface area contributed by atoms with Crippen molar-refractivity contribution in [2.24, 2.45) is 11.8 Å². The number of para-hydroxylation sites is 1. The van der Waals surface area contributed by atoms with E-state index in [9.17, 15) is 9.59 Å². The van der Waals surface area contributed by atoms with E-state index in [4.69, 9.17) is 0 Å². The minimum atomic E-state index is -0.0266. The van der Waals surface area contributed by atoms with E-state index in [0.717, 1.165) is 48.9 Å². The molecule has 2 amide bonds. The first kappa shape index (κ1) is 17.7. The van der Waals surface area contributed by atoms with Gasteiger partial charge < -0.3 is 15.5 Å². The van der Waals surface area contributed by atoms with Crippen molar-refractivity contribution in [2.45, 2.75) is 44.2 Å². The maximum atomic E-state index is 12.7. The molecule has 1 aromatic carbocycles. The number of nitrogens with one attached hydrogen (secondary N) is 3. The predicted octanol–water partition coefficient (Wildman–Crippen LogP) is 1.21. The number of hydrogen-bond acceptors (Lipinski definition) is 4. The van der Waals surface area contributed by atoms with Crippen molar-refractivity contribution in [3.63, 3.8) is 0 Å². The molecule has 2 bridgehead atoms. The molecule has 3 N–H and O–H groups in total. The number of nitrogens with zero attached hydrogens (tertiary/aromatic N) is 2. The van der Waals surface area contributed by atoms with E-state index >= 15 is 0 Å². The molecule has 3 saturated heterocycles. The average Bonchev–Trinajstić information content (AvgIpc) is 3.11. The molecular weight excluding hydrogens is 354 g/mol. The number of hydrogen-bond donors (Lipinski definition) is 3. The first-order valence-corrected chi connectivity index (χ1v) is 10.4. The zero-order valence-electron chi connectivity index (χ0n) is 16.0. The molecular formula is C21H27N5O2. The first-order valence-electron chi connectivity index (χ1n) is 10.4. The molecule has 28 heavy (non-hydrogen) atoms. The molecule has 0 saturated carbocycles. The molecule has 0 aliphatic carbocycles. The average molecular weight is 381 g/mol. The fourth-order valence-corrected chi connectivity index (χ4v) is 5.49. The first-order chi connectivity index (χ1) is 13.7. The number of aromatic nitrogens is 2. The van der Waals surface area contributed by atoms with Crippen LogP contribution in [0.15, 0.2) is 24.3 Å². The number of amides is 2. The van der Waals surface area contributed by atoms with Crippen LogP contribution in [0, 0.1) is 11.8 Å². The van der Waals surface area contributed by atoms with Crippen LogP contribution in [0.2, 0.25) is 0 Å². The molecule has 1 aromatic heterocycles. The van der Waals surface area contributed by atoms with Crippen LogP contribution >= 0.6 is 0 Å². The molecule has 7 heteroatoms. The molecule has 3 aliphatic rings. The van der Waals surface area contributed by atoms with Crippen LogP contribution in [0.4, 0.5) is 0 Å². The zero-order chi connectivity index (χ0) is 19.1. The fraction of sp³-hybridized carbons (Fsp3) is 0.571. The number of piperidine rings is 3. The predicted molar refractivity (Wildman–Crippen MR) is 106 cm³/mol. The summed E-state index contributed by atoms with van der Waals surface area (Å²) < 4.78 is 0. The number of benzene rings is 1. The minimum Gasteiger partial charge on any atom is -0.354 e. The van der Waals surface area contributed by atoms with Crippen LogP contribution in [0.5, 0.6) is 0 Å². The number of aromatic amines is 1. The smallest absolute Gasteiger partial charge is 0.226 e. The molecule has 4 heterocycles. The third kappa shape index (κ3) is 3.07. The Hall–Kier alpha value is -2.41. The van der Waals surface area contributed by atoms with Gasteiger partial charge in [-0.25, -0.2) is 0 Å². The van der Waals surface area contributed by atoms with Crippen molar-refractivity contribution in [3.05, 3.63) is 30.0 Å². The number of fused-ring (bicyclic) bond motifs is 5. The summed E-state index contributed by atoms with van der Waals surface area (Å²) in [7, 11) is 0. The van der Waals surface area contributed by atoms with Gasteiger partial charge in [0.15, 0.2) is 0 Å². The largest absolute Gasteiger partial charge is 0.354 e. The Kier molecular flexibility index (Phi) is 4.55. The summed E-state index contributed by atoms with van der Waals surface area (Å²) in [5.74, 6) is 1.23. The lowest BCUT2D eigenvalue weighted by atomic mass is 9.72. The summed E-state index contributed by atoms with van der Waals surface area (Å²) in [6.07, 6.45) is 4.17. The number of H-pyrrole nitrogens is 1. The molecule has 2 aromatic rings. The van der Waals surface area contributed by atoms with Crippen molar-refractivity contribution in [1.29, 1.82) is 0 Å². The van der Waals surface area contributed by atoms with Crippen LogP contribution < -0.4 is 10.6 Å². The third-order valence-corrected chi connectivity index (χ3v) is 6.79. The molecule has 7 nitrogen and oxygen atoms in total. The second-order valence-electron chi connectivity index (χ2n) is 8.44. The van der Waals surface area contributed by atoms with Crippen molar-refractivity contribution in [1.82, 2.24) is 25.7 Å². The van der Waals surface area contributed by atoms with Gasteiger partial charge in [0.2, 0.25) is 11.8 Å². The topological polar surface area (TPSA) is 90.1 Å². The monoisotopic (exact) mass is 381 g/mol. The standard InChI is InChI=1S/C21H27N5O2/c27-20(9-17-15-4-1-2-5-16(15)24-25-17)23-12-19-14-8-13(10-22-11-14)18-6-3-7-21(28)26(18)19/h1-2,4-5,13-14,18-19,22H,3,6-12H2,(H,23,27)(H,24,25)/t13-,14+,18+,19+/m1/s1. The highest BCUT2D eigenvalue weighted by Crippen LogP contribution is 2.39. The van der Waals surface area contributed by atoms with Gasteiger partial charge in [0.05, 0.1) is 23.7 Å². The van der Waals surface area contributed by atoms with Gasteiger partial charge >= 0.3 is 0 Å². The summed E-state index contributed by atoms with van der Waals surface area (Å²) in [5, 5.41) is 14.9. The van der Waals surface area contributed by atoms with Crippen LogP contribution in [-0.2, 0) is 16.0 Å². The van der Waals surface area contributed by atoms with Crippen molar-refractivity contribution < 1.29 is 9.59 Å². The normalized spacial score (nSPS) is 29.6. The lowest BCUT2D eigenvalue weighted by molar-refractivity contribution is -0.149. The van der Waals surface area contributed by atoms with E-state index in [-0.39, 0.29) is 24.3 Å². The highest BCUT2D eigenvalue weighted by molar-refractivity contribution is 5.87. The van der Waals surface area contributed by atoms with Gasteiger partial charge in [0.1, 0.15) is 0 Å². The lowest BCUT2D eigenvalue weighted by Crippen LogP contribution is -2.66. The van der Waals surface area contributed by atoms with Crippen molar-refractivity contribution in [2.75, 3.05) is 19.6 Å². The maximum absolute atomic E-state index is 12.7. The van der Waals surface area contributed by atoms with Gasteiger partial charge in [0.25, 0.3) is 0 Å². The maximum Gasteiger partial charge on any atom is 0.226 e. The SMILES string of the molecule is O=C(Cc1[nH]nc2ccccc12)NC[C@H]1[C@@H]2CNC[C@@H](C2)[C@@H]2CCCC(=O)N21. The number of carbonyl (C=O) groups is 2. The summed E-state index contributed by atoms with van der Waals surface area (Å²) in [4.78, 5) is 27.5. The van der Waals surface area contributed by atoms with Gasteiger partial charge in [-0.1, -0.05) is 18.2 Å². The molecule has 0 radical (unpaired) electrons. The van der Waals surface area contributed by atoms with Gasteiger partial charge in [-0.2, -0.15) is 5.10 Å². The number of rotatable bonds is 4. The Morgan fingerprint density at radius 1 is 1.25 bits per heavy atom. The highest BCUT2D eigenvalue weighted by Gasteiger charge is 2.47. The molecule has 3 fully saturated rings. The van der Waals surface area contributed by atoms with Gasteiger partial charge in [-0.3, -0.25) is 14.7 Å². The minimum absolute atomic E-state index is 0.0266. The molecule has 0 spiro atoms. The quantitative estimate of drug-likeness (QED) is 0.743. The fourth-order valence-electron chi connectivity index (χ4n) is 5.49. The molecule has 3 aliphatic heterocycles. The highest BCUT2D eigenvalue weighted by atomic mass is 16.2. The second-order valence-corrected chi connectivity index (χ2v) is 8.44. The summed E-state index contributed by atoms with van der Waals surface area (Å²) in [6.45, 7) is 2.47. The Balaban J connectivity index is 1.28.